The second kappa shape index (κ2) is 3.89. The maximum absolute atomic E-state index is 10.0. The number of hydrogen-bond acceptors (Lipinski definition) is 4. The predicted molar refractivity (Wildman–Crippen MR) is 56.5 cm³/mol. The van der Waals surface area contributed by atoms with Crippen LogP contribution in [0, 0.1) is 15.5 Å². The van der Waals surface area contributed by atoms with Gasteiger partial charge in [0.2, 0.25) is 6.20 Å². The van der Waals surface area contributed by atoms with Crippen molar-refractivity contribution in [2.24, 2.45) is 0 Å². The Balaban J connectivity index is 2.89. The normalized spacial score (nSPS) is 17.6. The average molecular weight is 261 g/mol. The Bertz CT molecular complexity index is 360. The van der Waals surface area contributed by atoms with Crippen LogP contribution in [-0.2, 0) is 0 Å². The predicted octanol–water partition coefficient (Wildman–Crippen LogP) is 2.66. The molecule has 1 N–H and O–H groups in total. The molecule has 0 atom stereocenters. The highest BCUT2D eigenvalue weighted by Gasteiger charge is 2.21. The molecular formula is C7H5BrN2O2S. The van der Waals surface area contributed by atoms with Crippen molar-refractivity contribution in [3.63, 3.8) is 0 Å². The van der Waals surface area contributed by atoms with Crippen LogP contribution in [0.15, 0.2) is 33.1 Å². The van der Waals surface area contributed by atoms with Crippen LogP contribution in [0.1, 0.15) is 0 Å². The Hall–Kier alpha value is -0.880. The number of allylic oxidation sites excluding steroid dienone is 3. The summed E-state index contributed by atoms with van der Waals surface area (Å²) in [6.07, 6.45) is 2.19. The molecular weight excluding hydrogens is 256 g/mol. The van der Waals surface area contributed by atoms with Crippen LogP contribution in [0.4, 0.5) is 0 Å². The van der Waals surface area contributed by atoms with Crippen LogP contribution in [0.25, 0.3) is 0 Å². The summed E-state index contributed by atoms with van der Waals surface area (Å²) in [5.41, 5.74) is 0.285. The smallest absolute Gasteiger partial charge is 0.235 e. The highest BCUT2D eigenvalue weighted by atomic mass is 79.9. The lowest BCUT2D eigenvalue weighted by atomic mass is 10.3. The van der Waals surface area contributed by atoms with Crippen LogP contribution < -0.4 is 0 Å². The molecule has 6 heteroatoms. The lowest BCUT2D eigenvalue weighted by Crippen LogP contribution is -1.88. The molecule has 0 unspecified atom stereocenters. The molecule has 0 aromatic rings. The fraction of sp³-hybridized carbons (Fsp3) is 0. The fourth-order valence-corrected chi connectivity index (χ4v) is 2.25. The molecule has 0 saturated carbocycles. The molecule has 0 radical (unpaired) electrons. The fourth-order valence-electron chi connectivity index (χ4n) is 0.710. The Labute approximate surface area is 87.2 Å². The van der Waals surface area contributed by atoms with E-state index in [1.807, 2.05) is 0 Å². The minimum atomic E-state index is -0.543. The summed E-state index contributed by atoms with van der Waals surface area (Å²) < 4.78 is 0.556. The van der Waals surface area contributed by atoms with E-state index < -0.39 is 4.92 Å². The average Bonchev–Trinajstić information content (AvgIpc) is 2.29. The monoisotopic (exact) mass is 260 g/mol. The van der Waals surface area contributed by atoms with Gasteiger partial charge in [0.1, 0.15) is 0 Å². The van der Waals surface area contributed by atoms with Gasteiger partial charge in [-0.2, -0.15) is 0 Å². The highest BCUT2D eigenvalue weighted by Crippen LogP contribution is 2.40. The molecule has 0 aliphatic carbocycles. The van der Waals surface area contributed by atoms with Crippen LogP contribution in [0.3, 0.4) is 0 Å². The van der Waals surface area contributed by atoms with E-state index in [4.69, 9.17) is 5.41 Å². The Kier molecular flexibility index (Phi) is 3.05. The van der Waals surface area contributed by atoms with E-state index in [1.165, 1.54) is 17.8 Å². The van der Waals surface area contributed by atoms with Crippen molar-refractivity contribution in [2.45, 2.75) is 0 Å². The van der Waals surface area contributed by atoms with Gasteiger partial charge in [-0.1, -0.05) is 18.3 Å². The third kappa shape index (κ3) is 2.28. The van der Waals surface area contributed by atoms with Crippen LogP contribution >= 0.6 is 27.7 Å². The van der Waals surface area contributed by atoms with Gasteiger partial charge < -0.3 is 0 Å². The molecule has 0 amide bonds. The van der Waals surface area contributed by atoms with Crippen molar-refractivity contribution < 1.29 is 4.92 Å². The molecule has 1 aliphatic heterocycles. The van der Waals surface area contributed by atoms with Crippen LogP contribution in [0.5, 0.6) is 0 Å². The number of nitrogens with one attached hydrogen (secondary N) is 1. The van der Waals surface area contributed by atoms with Crippen molar-refractivity contribution in [3.05, 3.63) is 43.3 Å². The second-order valence-corrected chi connectivity index (χ2v) is 4.11. The highest BCUT2D eigenvalue weighted by molar-refractivity contribution is 9.12. The Morgan fingerprint density at radius 2 is 2.31 bits per heavy atom. The van der Waals surface area contributed by atoms with E-state index >= 15 is 0 Å². The van der Waals surface area contributed by atoms with Gasteiger partial charge in [0.25, 0.3) is 0 Å². The van der Waals surface area contributed by atoms with Crippen LogP contribution in [-0.4, -0.2) is 10.6 Å². The maximum atomic E-state index is 10.0. The van der Waals surface area contributed by atoms with Crippen molar-refractivity contribution in [3.8, 4) is 0 Å². The third-order valence-corrected chi connectivity index (χ3v) is 3.39. The van der Waals surface area contributed by atoms with E-state index in [0.29, 0.717) is 14.3 Å². The second-order valence-electron chi connectivity index (χ2n) is 2.18. The summed E-state index contributed by atoms with van der Waals surface area (Å²) in [7, 11) is 0. The van der Waals surface area contributed by atoms with Gasteiger partial charge in [0, 0.05) is 15.9 Å². The van der Waals surface area contributed by atoms with Gasteiger partial charge in [0.15, 0.2) is 0 Å². The number of nitrogens with zero attached hydrogens (tertiary/aromatic N) is 1. The zero-order valence-electron chi connectivity index (χ0n) is 6.41. The summed E-state index contributed by atoms with van der Waals surface area (Å²) in [4.78, 5) is 10.7. The summed E-state index contributed by atoms with van der Waals surface area (Å²) >= 11 is 4.41. The quantitative estimate of drug-likeness (QED) is 0.613. The van der Waals surface area contributed by atoms with E-state index in [9.17, 15) is 10.1 Å². The molecule has 0 fully saturated rings. The van der Waals surface area contributed by atoms with Gasteiger partial charge in [-0.25, -0.2) is 0 Å². The first-order valence-corrected chi connectivity index (χ1v) is 4.81. The lowest BCUT2D eigenvalue weighted by molar-refractivity contribution is -0.402. The molecule has 0 bridgehead atoms. The molecule has 13 heavy (non-hydrogen) atoms. The lowest BCUT2D eigenvalue weighted by Gasteiger charge is -1.88. The van der Waals surface area contributed by atoms with Crippen molar-refractivity contribution in [1.82, 2.24) is 0 Å². The molecule has 0 aromatic carbocycles. The van der Waals surface area contributed by atoms with Crippen molar-refractivity contribution in [1.29, 1.82) is 5.41 Å². The topological polar surface area (TPSA) is 67.0 Å². The van der Waals surface area contributed by atoms with E-state index in [-0.39, 0.29) is 5.71 Å². The maximum Gasteiger partial charge on any atom is 0.235 e. The first-order valence-electron chi connectivity index (χ1n) is 3.20. The number of thioether (sulfide) groups is 1. The minimum Gasteiger partial charge on any atom is -0.299 e. The summed E-state index contributed by atoms with van der Waals surface area (Å²) in [5.74, 6) is 0. The zero-order chi connectivity index (χ0) is 10.0. The first-order chi connectivity index (χ1) is 6.02. The number of hydrogen-bond donors (Lipinski definition) is 1. The number of halogens is 1. The molecule has 68 valence electrons. The Morgan fingerprint density at radius 1 is 1.69 bits per heavy atom. The molecule has 0 saturated heterocycles. The summed E-state index contributed by atoms with van der Waals surface area (Å²) in [6, 6.07) is 0. The third-order valence-electron chi connectivity index (χ3n) is 1.30. The molecule has 0 spiro atoms. The SMILES string of the molecule is C=C1SC(/C=C/[N+](=O)[O-])=C(Br)C1=N. The number of rotatable bonds is 2. The number of nitro groups is 1. The van der Waals surface area contributed by atoms with Crippen molar-refractivity contribution >= 4 is 33.4 Å². The van der Waals surface area contributed by atoms with Gasteiger partial charge >= 0.3 is 0 Å². The minimum absolute atomic E-state index is 0.285. The van der Waals surface area contributed by atoms with Crippen molar-refractivity contribution in [2.75, 3.05) is 0 Å². The largest absolute Gasteiger partial charge is 0.299 e. The van der Waals surface area contributed by atoms with Crippen LogP contribution in [0.2, 0.25) is 0 Å². The van der Waals surface area contributed by atoms with E-state index in [0.717, 1.165) is 6.20 Å². The van der Waals surface area contributed by atoms with Gasteiger partial charge in [0.05, 0.1) is 15.1 Å². The zero-order valence-corrected chi connectivity index (χ0v) is 8.81. The van der Waals surface area contributed by atoms with Gasteiger partial charge in [-0.3, -0.25) is 15.5 Å². The van der Waals surface area contributed by atoms with E-state index in [1.54, 1.807) is 0 Å². The first kappa shape index (κ1) is 10.2. The molecule has 1 aliphatic rings. The molecule has 1 rings (SSSR count). The summed E-state index contributed by atoms with van der Waals surface area (Å²) in [6.45, 7) is 3.63. The summed E-state index contributed by atoms with van der Waals surface area (Å²) in [5, 5.41) is 17.5. The standard InChI is InChI=1S/C7H5BrN2O2S/c1-4-7(9)6(8)5(13-4)2-3-10(11)12/h2-3,9H,1H2/b3-2+,9-7?. The van der Waals surface area contributed by atoms with Gasteiger partial charge in [-0.05, 0) is 15.9 Å². The van der Waals surface area contributed by atoms with E-state index in [2.05, 4.69) is 22.5 Å². The Morgan fingerprint density at radius 3 is 2.69 bits per heavy atom. The van der Waals surface area contributed by atoms with Gasteiger partial charge in [-0.15, -0.1) is 0 Å². The molecule has 1 heterocycles. The molecule has 4 nitrogen and oxygen atoms in total. The molecule has 0 aromatic heterocycles.